The summed E-state index contributed by atoms with van der Waals surface area (Å²) in [6.07, 6.45) is 1.07. The molecular formula is C24H37NO. The van der Waals surface area contributed by atoms with E-state index in [-0.39, 0.29) is 5.91 Å². The minimum atomic E-state index is 0.188. The molecule has 1 aliphatic heterocycles. The lowest BCUT2D eigenvalue weighted by Gasteiger charge is -2.14. The zero-order valence-electron chi connectivity index (χ0n) is 17.8. The van der Waals surface area contributed by atoms with Gasteiger partial charge in [-0.25, -0.2) is 0 Å². The van der Waals surface area contributed by atoms with Crippen molar-refractivity contribution in [2.45, 2.75) is 60.8 Å². The highest BCUT2D eigenvalue weighted by Gasteiger charge is 2.25. The van der Waals surface area contributed by atoms with E-state index < -0.39 is 0 Å². The molecule has 3 rings (SSSR count). The van der Waals surface area contributed by atoms with Crippen LogP contribution in [0.3, 0.4) is 0 Å². The molecule has 1 unspecified atom stereocenters. The molecule has 0 radical (unpaired) electrons. The van der Waals surface area contributed by atoms with Crippen LogP contribution in [0.15, 0.2) is 54.6 Å². The third-order valence-corrected chi connectivity index (χ3v) is 4.12. The standard InChI is InChI=1S/C18H19NO.3C2H6/c1-14(20)19-12-11-18(13-19)17-9-7-16(8-10-17)15-5-3-2-4-6-15;3*1-2/h2-10,18H,11-13H2,1H3;3*1-2H3. The second-order valence-electron chi connectivity index (χ2n) is 5.44. The van der Waals surface area contributed by atoms with Crippen molar-refractivity contribution in [2.24, 2.45) is 0 Å². The van der Waals surface area contributed by atoms with Gasteiger partial charge in [0.25, 0.3) is 0 Å². The summed E-state index contributed by atoms with van der Waals surface area (Å²) in [6.45, 7) is 15.4. The van der Waals surface area contributed by atoms with Crippen molar-refractivity contribution in [3.05, 3.63) is 60.2 Å². The maximum Gasteiger partial charge on any atom is 0.219 e. The van der Waals surface area contributed by atoms with E-state index in [4.69, 9.17) is 0 Å². The number of rotatable bonds is 2. The van der Waals surface area contributed by atoms with Crippen LogP contribution in [0.4, 0.5) is 0 Å². The Morgan fingerprint density at radius 3 is 1.77 bits per heavy atom. The van der Waals surface area contributed by atoms with Crippen molar-refractivity contribution in [3.63, 3.8) is 0 Å². The molecule has 1 saturated heterocycles. The Balaban J connectivity index is 0.000000948. The van der Waals surface area contributed by atoms with Gasteiger partial charge in [0, 0.05) is 25.9 Å². The van der Waals surface area contributed by atoms with Crippen molar-refractivity contribution in [2.75, 3.05) is 13.1 Å². The van der Waals surface area contributed by atoms with Gasteiger partial charge in [-0.1, -0.05) is 96.1 Å². The van der Waals surface area contributed by atoms with Crippen LogP contribution in [0.1, 0.15) is 66.4 Å². The van der Waals surface area contributed by atoms with Gasteiger partial charge < -0.3 is 4.90 Å². The molecular weight excluding hydrogens is 318 g/mol. The average Bonchev–Trinajstić information content (AvgIpc) is 3.24. The first-order valence-corrected chi connectivity index (χ1v) is 10.1. The lowest BCUT2D eigenvalue weighted by Crippen LogP contribution is -2.25. The van der Waals surface area contributed by atoms with Crippen LogP contribution >= 0.6 is 0 Å². The van der Waals surface area contributed by atoms with Gasteiger partial charge in [-0.3, -0.25) is 4.79 Å². The Bertz CT molecular complexity index is 589. The van der Waals surface area contributed by atoms with Crippen LogP contribution < -0.4 is 0 Å². The normalized spacial score (nSPS) is 14.7. The maximum atomic E-state index is 11.4. The van der Waals surface area contributed by atoms with Gasteiger partial charge in [0.1, 0.15) is 0 Å². The molecule has 0 spiro atoms. The summed E-state index contributed by atoms with van der Waals surface area (Å²) in [7, 11) is 0. The van der Waals surface area contributed by atoms with E-state index in [1.807, 2.05) is 52.5 Å². The summed E-state index contributed by atoms with van der Waals surface area (Å²) in [5, 5.41) is 0. The fraction of sp³-hybridized carbons (Fsp3) is 0.458. The molecule has 2 aromatic carbocycles. The minimum absolute atomic E-state index is 0.188. The van der Waals surface area contributed by atoms with Crippen LogP contribution in [0.25, 0.3) is 11.1 Å². The van der Waals surface area contributed by atoms with E-state index in [0.717, 1.165) is 19.5 Å². The van der Waals surface area contributed by atoms with Crippen molar-refractivity contribution in [1.29, 1.82) is 0 Å². The largest absolute Gasteiger partial charge is 0.342 e. The molecule has 0 saturated carbocycles. The van der Waals surface area contributed by atoms with Crippen LogP contribution in [-0.4, -0.2) is 23.9 Å². The Kier molecular flexibility index (Phi) is 13.0. The Labute approximate surface area is 161 Å². The van der Waals surface area contributed by atoms with Crippen LogP contribution in [0.2, 0.25) is 0 Å². The summed E-state index contributed by atoms with van der Waals surface area (Å²) >= 11 is 0. The first kappa shape index (κ1) is 23.9. The first-order valence-electron chi connectivity index (χ1n) is 10.1. The molecule has 1 atom stereocenters. The third-order valence-electron chi connectivity index (χ3n) is 4.12. The highest BCUT2D eigenvalue weighted by atomic mass is 16.2. The Morgan fingerprint density at radius 2 is 1.31 bits per heavy atom. The van der Waals surface area contributed by atoms with Crippen LogP contribution in [-0.2, 0) is 4.79 Å². The number of likely N-dealkylation sites (tertiary alicyclic amines) is 1. The minimum Gasteiger partial charge on any atom is -0.342 e. The molecule has 144 valence electrons. The van der Waals surface area contributed by atoms with Gasteiger partial charge in [-0.05, 0) is 23.1 Å². The SMILES string of the molecule is CC.CC.CC.CC(=O)N1CCC(c2ccc(-c3ccccc3)cc2)C1. The summed E-state index contributed by atoms with van der Waals surface area (Å²) in [5.74, 6) is 0.678. The summed E-state index contributed by atoms with van der Waals surface area (Å²) < 4.78 is 0. The number of nitrogens with zero attached hydrogens (tertiary/aromatic N) is 1. The van der Waals surface area contributed by atoms with Crippen LogP contribution in [0.5, 0.6) is 0 Å². The lowest BCUT2D eigenvalue weighted by molar-refractivity contribution is -0.127. The monoisotopic (exact) mass is 355 g/mol. The predicted octanol–water partition coefficient (Wildman–Crippen LogP) is 6.77. The fourth-order valence-corrected chi connectivity index (χ4v) is 2.90. The molecule has 0 bridgehead atoms. The number of amides is 1. The Hall–Kier alpha value is -2.09. The molecule has 0 aliphatic carbocycles. The topological polar surface area (TPSA) is 20.3 Å². The molecule has 0 aromatic heterocycles. The lowest BCUT2D eigenvalue weighted by atomic mass is 9.96. The number of carbonyl (C=O) groups is 1. The molecule has 1 aliphatic rings. The molecule has 1 amide bonds. The molecule has 2 heteroatoms. The van der Waals surface area contributed by atoms with Crippen molar-refractivity contribution in [1.82, 2.24) is 4.90 Å². The molecule has 26 heavy (non-hydrogen) atoms. The molecule has 2 aromatic rings. The van der Waals surface area contributed by atoms with E-state index in [9.17, 15) is 4.79 Å². The van der Waals surface area contributed by atoms with E-state index in [1.54, 1.807) is 6.92 Å². The predicted molar refractivity (Wildman–Crippen MR) is 116 cm³/mol. The van der Waals surface area contributed by atoms with Crippen molar-refractivity contribution >= 4 is 5.91 Å². The smallest absolute Gasteiger partial charge is 0.219 e. The van der Waals surface area contributed by atoms with Crippen molar-refractivity contribution < 1.29 is 4.79 Å². The van der Waals surface area contributed by atoms with E-state index in [0.29, 0.717) is 5.92 Å². The average molecular weight is 356 g/mol. The molecule has 2 nitrogen and oxygen atoms in total. The quantitative estimate of drug-likeness (QED) is 0.582. The molecule has 0 N–H and O–H groups in total. The number of benzene rings is 2. The third kappa shape index (κ3) is 7.03. The summed E-state index contributed by atoms with van der Waals surface area (Å²) in [4.78, 5) is 13.3. The summed E-state index contributed by atoms with van der Waals surface area (Å²) in [5.41, 5.74) is 3.83. The molecule has 1 heterocycles. The number of hydrogen-bond donors (Lipinski definition) is 0. The van der Waals surface area contributed by atoms with E-state index in [1.165, 1.54) is 16.7 Å². The van der Waals surface area contributed by atoms with Gasteiger partial charge in [0.05, 0.1) is 0 Å². The fourth-order valence-electron chi connectivity index (χ4n) is 2.90. The zero-order valence-corrected chi connectivity index (χ0v) is 17.8. The van der Waals surface area contributed by atoms with Gasteiger partial charge in [0.15, 0.2) is 0 Å². The van der Waals surface area contributed by atoms with E-state index in [2.05, 4.69) is 48.5 Å². The van der Waals surface area contributed by atoms with Gasteiger partial charge in [-0.2, -0.15) is 0 Å². The van der Waals surface area contributed by atoms with Crippen LogP contribution in [0, 0.1) is 0 Å². The Morgan fingerprint density at radius 1 is 0.808 bits per heavy atom. The van der Waals surface area contributed by atoms with Gasteiger partial charge >= 0.3 is 0 Å². The number of carbonyl (C=O) groups excluding carboxylic acids is 1. The number of hydrogen-bond acceptors (Lipinski definition) is 1. The zero-order chi connectivity index (χ0) is 19.9. The summed E-state index contributed by atoms with van der Waals surface area (Å²) in [6, 6.07) is 19.2. The van der Waals surface area contributed by atoms with Gasteiger partial charge in [-0.15, -0.1) is 0 Å². The van der Waals surface area contributed by atoms with E-state index >= 15 is 0 Å². The second-order valence-corrected chi connectivity index (χ2v) is 5.44. The van der Waals surface area contributed by atoms with Gasteiger partial charge in [0.2, 0.25) is 5.91 Å². The second kappa shape index (κ2) is 14.1. The maximum absolute atomic E-state index is 11.4. The highest BCUT2D eigenvalue weighted by molar-refractivity contribution is 5.73. The van der Waals surface area contributed by atoms with Crippen molar-refractivity contribution in [3.8, 4) is 11.1 Å². The molecule has 1 fully saturated rings. The highest BCUT2D eigenvalue weighted by Crippen LogP contribution is 2.29. The first-order chi connectivity index (χ1) is 12.7.